The van der Waals surface area contributed by atoms with Gasteiger partial charge in [0.2, 0.25) is 5.88 Å². The number of halogens is 3. The normalized spacial score (nSPS) is 18.1. The van der Waals surface area contributed by atoms with Crippen molar-refractivity contribution < 1.29 is 34.2 Å². The van der Waals surface area contributed by atoms with E-state index in [9.17, 15) is 30.0 Å². The Morgan fingerprint density at radius 2 is 1.57 bits per heavy atom. The topological polar surface area (TPSA) is 80.8 Å². The third kappa shape index (κ3) is 4.46. The molecular weight excluding hydrogens is 443 g/mol. The van der Waals surface area contributed by atoms with Gasteiger partial charge in [0, 0.05) is 12.5 Å². The zero-order valence-electron chi connectivity index (χ0n) is 15.7. The van der Waals surface area contributed by atoms with Crippen LogP contribution in [0.3, 0.4) is 0 Å². The van der Waals surface area contributed by atoms with Gasteiger partial charge in [0.05, 0.1) is 4.90 Å². The van der Waals surface area contributed by atoms with Crippen LogP contribution in [0.15, 0.2) is 71.5 Å². The van der Waals surface area contributed by atoms with Gasteiger partial charge < -0.3 is 4.18 Å². The van der Waals surface area contributed by atoms with Crippen molar-refractivity contribution in [2.24, 2.45) is 0 Å². The number of nitrogens with zero attached hydrogens (tertiary/aromatic N) is 1. The summed E-state index contributed by atoms with van der Waals surface area (Å²) in [5, 5.41) is 0. The summed E-state index contributed by atoms with van der Waals surface area (Å²) in [6.45, 7) is 1.49. The van der Waals surface area contributed by atoms with Gasteiger partial charge in [-0.25, -0.2) is 12.7 Å². The highest BCUT2D eigenvalue weighted by atomic mass is 32.2. The lowest BCUT2D eigenvalue weighted by atomic mass is 9.94. The van der Waals surface area contributed by atoms with Crippen molar-refractivity contribution in [3.05, 3.63) is 77.7 Å². The van der Waals surface area contributed by atoms with Crippen LogP contribution >= 0.6 is 0 Å². The fourth-order valence-corrected chi connectivity index (χ4v) is 4.90. The Bertz CT molecular complexity index is 1140. The zero-order chi connectivity index (χ0) is 22.2. The summed E-state index contributed by atoms with van der Waals surface area (Å²) in [6, 6.07) is 14.2. The van der Waals surface area contributed by atoms with Gasteiger partial charge in [0.1, 0.15) is 0 Å². The molecule has 1 aliphatic rings. The first kappa shape index (κ1) is 22.2. The quantitative estimate of drug-likeness (QED) is 0.499. The van der Waals surface area contributed by atoms with Crippen molar-refractivity contribution >= 4 is 20.1 Å². The lowest BCUT2D eigenvalue weighted by molar-refractivity contribution is -0.0532. The minimum atomic E-state index is -6.06. The summed E-state index contributed by atoms with van der Waals surface area (Å²) in [4.78, 5) is -0.190. The predicted octanol–water partition coefficient (Wildman–Crippen LogP) is 3.88. The molecule has 0 amide bonds. The van der Waals surface area contributed by atoms with E-state index < -0.39 is 37.5 Å². The summed E-state index contributed by atoms with van der Waals surface area (Å²) in [5.41, 5.74) is -4.23. The van der Waals surface area contributed by atoms with Crippen LogP contribution in [0.4, 0.5) is 13.2 Å². The maximum Gasteiger partial charge on any atom is 0.534 e. The molecule has 0 spiro atoms. The number of benzene rings is 2. The molecule has 3 rings (SSSR count). The molecular formula is C19H18F3NO5S2. The molecule has 0 saturated heterocycles. The molecule has 0 aliphatic carbocycles. The van der Waals surface area contributed by atoms with E-state index in [1.54, 1.807) is 37.3 Å². The van der Waals surface area contributed by atoms with E-state index in [1.165, 1.54) is 24.3 Å². The number of sulfonamides is 1. The molecule has 2 aromatic carbocycles. The number of allylic oxidation sites excluding steroid dienone is 1. The van der Waals surface area contributed by atoms with Crippen molar-refractivity contribution in [2.75, 3.05) is 6.54 Å². The van der Waals surface area contributed by atoms with Crippen LogP contribution in [0.25, 0.3) is 0 Å². The van der Waals surface area contributed by atoms with Crippen molar-refractivity contribution in [1.29, 1.82) is 0 Å². The first-order valence-electron chi connectivity index (χ1n) is 8.79. The van der Waals surface area contributed by atoms with Gasteiger partial charge in [-0.05, 0) is 37.1 Å². The Labute approximate surface area is 172 Å². The monoisotopic (exact) mass is 461 g/mol. The van der Waals surface area contributed by atoms with E-state index in [0.29, 0.717) is 9.87 Å². The second-order valence-electron chi connectivity index (χ2n) is 6.68. The molecule has 0 fully saturated rings. The van der Waals surface area contributed by atoms with Crippen molar-refractivity contribution in [1.82, 2.24) is 4.31 Å². The van der Waals surface area contributed by atoms with Gasteiger partial charge in [-0.3, -0.25) is 0 Å². The second kappa shape index (κ2) is 7.95. The van der Waals surface area contributed by atoms with Crippen LogP contribution in [0.5, 0.6) is 0 Å². The second-order valence-corrected chi connectivity index (χ2v) is 10.1. The number of alkyl halides is 3. The highest BCUT2D eigenvalue weighted by molar-refractivity contribution is 7.89. The molecule has 0 saturated carbocycles. The van der Waals surface area contributed by atoms with Gasteiger partial charge in [-0.2, -0.15) is 21.6 Å². The molecule has 1 atom stereocenters. The van der Waals surface area contributed by atoms with Crippen molar-refractivity contribution in [3.8, 4) is 0 Å². The molecule has 0 bridgehead atoms. The maximum absolute atomic E-state index is 13.0. The number of hydrogen-bond donors (Lipinski definition) is 0. The predicted molar refractivity (Wildman–Crippen MR) is 103 cm³/mol. The number of rotatable bonds is 5. The lowest BCUT2D eigenvalue weighted by Gasteiger charge is -2.32. The van der Waals surface area contributed by atoms with E-state index in [1.807, 2.05) is 0 Å². The van der Waals surface area contributed by atoms with Gasteiger partial charge in [0.15, 0.2) is 0 Å². The summed E-state index contributed by atoms with van der Waals surface area (Å²) in [5.74, 6) is -1.41. The number of hydrogen-bond acceptors (Lipinski definition) is 5. The molecule has 0 N–H and O–H groups in total. The first-order chi connectivity index (χ1) is 13.9. The van der Waals surface area contributed by atoms with Gasteiger partial charge in [-0.1, -0.05) is 48.0 Å². The van der Waals surface area contributed by atoms with Gasteiger partial charge in [0.25, 0.3) is 10.0 Å². The summed E-state index contributed by atoms with van der Waals surface area (Å²) in [6.07, 6.45) is 1.32. The average molecular weight is 461 g/mol. The maximum atomic E-state index is 13.0. The van der Waals surface area contributed by atoms with Crippen LogP contribution in [0.2, 0.25) is 0 Å². The largest absolute Gasteiger partial charge is 0.534 e. The van der Waals surface area contributed by atoms with Crippen molar-refractivity contribution in [3.63, 3.8) is 0 Å². The average Bonchev–Trinajstić information content (AvgIpc) is 2.67. The molecule has 6 nitrogen and oxygen atoms in total. The van der Waals surface area contributed by atoms with E-state index >= 15 is 0 Å². The van der Waals surface area contributed by atoms with Crippen LogP contribution in [-0.2, 0) is 24.3 Å². The molecule has 11 heteroatoms. The Morgan fingerprint density at radius 1 is 0.967 bits per heavy atom. The van der Waals surface area contributed by atoms with Crippen LogP contribution in [-0.4, -0.2) is 33.2 Å². The van der Waals surface area contributed by atoms with E-state index in [2.05, 4.69) is 4.18 Å². The Balaban J connectivity index is 2.06. The van der Waals surface area contributed by atoms with Gasteiger partial charge in [-0.15, -0.1) is 0 Å². The molecule has 1 heterocycles. The summed E-state index contributed by atoms with van der Waals surface area (Å²) < 4.78 is 92.8. The van der Waals surface area contributed by atoms with Crippen LogP contribution < -0.4 is 0 Å². The fraction of sp³-hybridized carbons (Fsp3) is 0.263. The molecule has 0 aromatic heterocycles. The fourth-order valence-electron chi connectivity index (χ4n) is 2.97. The molecule has 2 aromatic rings. The van der Waals surface area contributed by atoms with E-state index in [0.717, 1.165) is 11.6 Å². The molecule has 1 unspecified atom stereocenters. The van der Waals surface area contributed by atoms with Crippen molar-refractivity contribution in [2.45, 2.75) is 29.7 Å². The Morgan fingerprint density at radius 3 is 2.13 bits per heavy atom. The van der Waals surface area contributed by atoms with Gasteiger partial charge >= 0.3 is 15.6 Å². The minimum absolute atomic E-state index is 0.190. The standard InChI is InChI=1S/C19H18F3NO5S2/c1-14-7-9-17(10-8-14)29(24,25)23-12-11-16(15-5-3-2-4-6-15)13-18(23)28-30(26,27)19(20,21)22/h2-10,13,16H,11-12H2,1H3. The molecule has 0 radical (unpaired) electrons. The first-order valence-corrected chi connectivity index (χ1v) is 11.6. The third-order valence-corrected chi connectivity index (χ3v) is 7.32. The Hall–Kier alpha value is -2.53. The lowest BCUT2D eigenvalue weighted by Crippen LogP contribution is -2.38. The zero-order valence-corrected chi connectivity index (χ0v) is 17.3. The summed E-state index contributed by atoms with van der Waals surface area (Å²) >= 11 is 0. The number of aryl methyl sites for hydroxylation is 1. The minimum Gasteiger partial charge on any atom is -0.357 e. The van der Waals surface area contributed by atoms with Crippen LogP contribution in [0.1, 0.15) is 23.5 Å². The van der Waals surface area contributed by atoms with Crippen LogP contribution in [0, 0.1) is 6.92 Å². The van der Waals surface area contributed by atoms with E-state index in [-0.39, 0.29) is 17.9 Å². The Kier molecular flexibility index (Phi) is 5.87. The molecule has 162 valence electrons. The SMILES string of the molecule is Cc1ccc(S(=O)(=O)N2CCC(c3ccccc3)C=C2OS(=O)(=O)C(F)(F)F)cc1. The third-order valence-electron chi connectivity index (χ3n) is 4.55. The summed E-state index contributed by atoms with van der Waals surface area (Å²) in [7, 11) is -10.4. The highest BCUT2D eigenvalue weighted by Crippen LogP contribution is 2.36. The smallest absolute Gasteiger partial charge is 0.357 e. The van der Waals surface area contributed by atoms with E-state index in [4.69, 9.17) is 0 Å². The molecule has 1 aliphatic heterocycles. The molecule has 30 heavy (non-hydrogen) atoms. The highest BCUT2D eigenvalue weighted by Gasteiger charge is 2.50.